The first kappa shape index (κ1) is 18.4. The van der Waals surface area contributed by atoms with Gasteiger partial charge in [0.2, 0.25) is 11.8 Å². The minimum atomic E-state index is -0.416. The highest BCUT2D eigenvalue weighted by Gasteiger charge is 2.47. The number of piperidine rings is 1. The topological polar surface area (TPSA) is 55.9 Å². The number of likely N-dealkylation sites (N-methyl/N-ethyl adjacent to an activating group) is 1. The van der Waals surface area contributed by atoms with Gasteiger partial charge < -0.3 is 10.2 Å². The third kappa shape index (κ3) is 3.60. The van der Waals surface area contributed by atoms with Crippen molar-refractivity contribution < 1.29 is 9.59 Å². The van der Waals surface area contributed by atoms with Gasteiger partial charge in [0.05, 0.1) is 6.54 Å². The molecule has 0 aromatic heterocycles. The molecule has 4 rings (SSSR count). The highest BCUT2D eigenvalue weighted by molar-refractivity contribution is 5.87. The molecule has 6 heteroatoms. The van der Waals surface area contributed by atoms with E-state index in [2.05, 4.69) is 39.4 Å². The lowest BCUT2D eigenvalue weighted by atomic mass is 9.83. The van der Waals surface area contributed by atoms with Crippen LogP contribution < -0.4 is 5.32 Å². The van der Waals surface area contributed by atoms with Crippen LogP contribution in [0.2, 0.25) is 0 Å². The fourth-order valence-electron chi connectivity index (χ4n) is 4.89. The number of carbonyl (C=O) groups excluding carboxylic acids is 2. The molecule has 3 heterocycles. The number of nitrogens with zero attached hydrogens (tertiary/aromatic N) is 3. The third-order valence-corrected chi connectivity index (χ3v) is 6.73. The van der Waals surface area contributed by atoms with Crippen LogP contribution in [-0.2, 0) is 9.59 Å². The van der Waals surface area contributed by atoms with Gasteiger partial charge in [0.1, 0.15) is 5.54 Å². The largest absolute Gasteiger partial charge is 0.353 e. The van der Waals surface area contributed by atoms with Crippen LogP contribution in [0, 0.1) is 0 Å². The van der Waals surface area contributed by atoms with Crippen LogP contribution in [0.1, 0.15) is 30.7 Å². The summed E-state index contributed by atoms with van der Waals surface area (Å²) in [6.07, 6.45) is 2.58. The Balaban J connectivity index is 1.30. The number of hydrogen-bond donors (Lipinski definition) is 1. The van der Waals surface area contributed by atoms with Crippen molar-refractivity contribution in [2.45, 2.75) is 30.7 Å². The number of likely N-dealkylation sites (tertiary alicyclic amines) is 2. The predicted octanol–water partition coefficient (Wildman–Crippen LogP) is 0.899. The summed E-state index contributed by atoms with van der Waals surface area (Å²) in [6, 6.07) is 10.6. The maximum absolute atomic E-state index is 12.8. The second-order valence-electron chi connectivity index (χ2n) is 8.22. The molecule has 1 aromatic rings. The van der Waals surface area contributed by atoms with Crippen molar-refractivity contribution in [1.29, 1.82) is 0 Å². The number of carbonyl (C=O) groups is 2. The van der Waals surface area contributed by atoms with Gasteiger partial charge in [-0.3, -0.25) is 19.4 Å². The zero-order valence-electron chi connectivity index (χ0n) is 16.2. The third-order valence-electron chi connectivity index (χ3n) is 6.73. The van der Waals surface area contributed by atoms with Crippen molar-refractivity contribution in [1.82, 2.24) is 20.0 Å². The van der Waals surface area contributed by atoms with E-state index in [9.17, 15) is 9.59 Å². The van der Waals surface area contributed by atoms with Crippen LogP contribution in [0.15, 0.2) is 30.3 Å². The Morgan fingerprint density at radius 2 is 1.89 bits per heavy atom. The van der Waals surface area contributed by atoms with E-state index in [1.54, 1.807) is 0 Å². The molecule has 3 aliphatic heterocycles. The standard InChI is InChI=1S/C21H30N4O2/c1-23-14-10-22-20(27)21(23)8-12-25(13-9-21)19(26)16-24-11-7-18(15-24)17-5-3-2-4-6-17/h2-6,18H,7-16H2,1H3,(H,22,27)/t18-/m1/s1. The van der Waals surface area contributed by atoms with Crippen molar-refractivity contribution in [2.75, 3.05) is 52.9 Å². The molecular formula is C21H30N4O2. The number of amides is 2. The molecule has 6 nitrogen and oxygen atoms in total. The molecule has 1 spiro atoms. The first-order valence-corrected chi connectivity index (χ1v) is 10.1. The minimum absolute atomic E-state index is 0.133. The molecule has 1 aromatic carbocycles. The Bertz CT molecular complexity index is 685. The molecule has 3 saturated heterocycles. The molecule has 2 amide bonds. The van der Waals surface area contributed by atoms with E-state index in [0.29, 0.717) is 25.6 Å². The van der Waals surface area contributed by atoms with E-state index in [1.165, 1.54) is 5.56 Å². The summed E-state index contributed by atoms with van der Waals surface area (Å²) in [4.78, 5) is 31.7. The molecule has 0 aliphatic carbocycles. The van der Waals surface area contributed by atoms with Gasteiger partial charge in [0.25, 0.3) is 0 Å². The van der Waals surface area contributed by atoms with Crippen LogP contribution in [-0.4, -0.2) is 84.9 Å². The second kappa shape index (κ2) is 7.60. The normalized spacial score (nSPS) is 26.3. The van der Waals surface area contributed by atoms with E-state index in [4.69, 9.17) is 0 Å². The Morgan fingerprint density at radius 3 is 2.59 bits per heavy atom. The van der Waals surface area contributed by atoms with Crippen LogP contribution in [0.5, 0.6) is 0 Å². The molecule has 27 heavy (non-hydrogen) atoms. The average molecular weight is 370 g/mol. The van der Waals surface area contributed by atoms with Gasteiger partial charge in [-0.1, -0.05) is 30.3 Å². The summed E-state index contributed by atoms with van der Waals surface area (Å²) in [7, 11) is 2.03. The molecule has 0 saturated carbocycles. The van der Waals surface area contributed by atoms with E-state index in [-0.39, 0.29) is 11.8 Å². The molecule has 0 bridgehead atoms. The first-order valence-electron chi connectivity index (χ1n) is 10.1. The van der Waals surface area contributed by atoms with Gasteiger partial charge in [-0.25, -0.2) is 0 Å². The lowest BCUT2D eigenvalue weighted by Crippen LogP contribution is -2.67. The van der Waals surface area contributed by atoms with Crippen LogP contribution in [0.4, 0.5) is 0 Å². The predicted molar refractivity (Wildman–Crippen MR) is 104 cm³/mol. The summed E-state index contributed by atoms with van der Waals surface area (Å²) >= 11 is 0. The molecule has 1 N–H and O–H groups in total. The molecule has 0 unspecified atom stereocenters. The molecule has 3 aliphatic rings. The zero-order chi connectivity index (χ0) is 18.9. The number of hydrogen-bond acceptors (Lipinski definition) is 4. The maximum Gasteiger partial charge on any atom is 0.240 e. The molecule has 3 fully saturated rings. The Labute approximate surface area is 161 Å². The summed E-state index contributed by atoms with van der Waals surface area (Å²) < 4.78 is 0. The Kier molecular flexibility index (Phi) is 5.19. The second-order valence-corrected chi connectivity index (χ2v) is 8.22. The fourth-order valence-corrected chi connectivity index (χ4v) is 4.89. The van der Waals surface area contributed by atoms with Gasteiger partial charge in [-0.15, -0.1) is 0 Å². The summed E-state index contributed by atoms with van der Waals surface area (Å²) in [5.74, 6) is 0.870. The van der Waals surface area contributed by atoms with Gasteiger partial charge in [-0.05, 0) is 44.3 Å². The first-order chi connectivity index (χ1) is 13.1. The number of piperazine rings is 1. The van der Waals surface area contributed by atoms with Crippen molar-refractivity contribution in [3.63, 3.8) is 0 Å². The van der Waals surface area contributed by atoms with Gasteiger partial charge in [0.15, 0.2) is 0 Å². The number of benzene rings is 1. The smallest absolute Gasteiger partial charge is 0.240 e. The summed E-state index contributed by atoms with van der Waals surface area (Å²) in [5.41, 5.74) is 0.958. The molecular weight excluding hydrogens is 340 g/mol. The molecule has 146 valence electrons. The van der Waals surface area contributed by atoms with E-state index < -0.39 is 5.54 Å². The van der Waals surface area contributed by atoms with Crippen LogP contribution in [0.3, 0.4) is 0 Å². The van der Waals surface area contributed by atoms with Crippen LogP contribution >= 0.6 is 0 Å². The van der Waals surface area contributed by atoms with E-state index >= 15 is 0 Å². The average Bonchev–Trinajstić information content (AvgIpc) is 3.16. The summed E-state index contributed by atoms with van der Waals surface area (Å²) in [5, 5.41) is 3.00. The fraction of sp³-hybridized carbons (Fsp3) is 0.619. The number of rotatable bonds is 3. The van der Waals surface area contributed by atoms with Gasteiger partial charge >= 0.3 is 0 Å². The molecule has 0 radical (unpaired) electrons. The Hall–Kier alpha value is -1.92. The van der Waals surface area contributed by atoms with Crippen molar-refractivity contribution in [3.8, 4) is 0 Å². The molecule has 1 atom stereocenters. The maximum atomic E-state index is 12.8. The highest BCUT2D eigenvalue weighted by Crippen LogP contribution is 2.31. The SMILES string of the molecule is CN1CCNC(=O)C12CCN(C(=O)CN1CC[C@@H](c3ccccc3)C1)CC2. The number of nitrogens with one attached hydrogen (secondary N) is 1. The lowest BCUT2D eigenvalue weighted by molar-refractivity contribution is -0.145. The highest BCUT2D eigenvalue weighted by atomic mass is 16.2. The quantitative estimate of drug-likeness (QED) is 0.859. The van der Waals surface area contributed by atoms with E-state index in [1.807, 2.05) is 18.0 Å². The lowest BCUT2D eigenvalue weighted by Gasteiger charge is -2.48. The van der Waals surface area contributed by atoms with Gasteiger partial charge in [-0.2, -0.15) is 0 Å². The Morgan fingerprint density at radius 1 is 1.15 bits per heavy atom. The van der Waals surface area contributed by atoms with E-state index in [0.717, 1.165) is 45.4 Å². The van der Waals surface area contributed by atoms with Gasteiger partial charge in [0, 0.05) is 32.7 Å². The monoisotopic (exact) mass is 370 g/mol. The summed E-state index contributed by atoms with van der Waals surface area (Å²) in [6.45, 7) is 5.38. The minimum Gasteiger partial charge on any atom is -0.353 e. The zero-order valence-corrected chi connectivity index (χ0v) is 16.2. The van der Waals surface area contributed by atoms with Crippen molar-refractivity contribution >= 4 is 11.8 Å². The van der Waals surface area contributed by atoms with Crippen molar-refractivity contribution in [2.24, 2.45) is 0 Å². The van der Waals surface area contributed by atoms with Crippen molar-refractivity contribution in [3.05, 3.63) is 35.9 Å². The van der Waals surface area contributed by atoms with Crippen LogP contribution in [0.25, 0.3) is 0 Å².